The zero-order valence-electron chi connectivity index (χ0n) is 14.9. The molecular weight excluding hydrogens is 370 g/mol. The fraction of sp³-hybridized carbons (Fsp3) is 0.333. The maximum atomic E-state index is 12.6. The van der Waals surface area contributed by atoms with Crippen LogP contribution in [0, 0.1) is 0 Å². The summed E-state index contributed by atoms with van der Waals surface area (Å²) in [6.45, 7) is 0.648. The van der Waals surface area contributed by atoms with Gasteiger partial charge in [-0.1, -0.05) is 6.07 Å². The summed E-state index contributed by atoms with van der Waals surface area (Å²) in [5, 5.41) is 2.67. The Labute approximate surface area is 157 Å². The van der Waals surface area contributed by atoms with Gasteiger partial charge in [0.15, 0.2) is 0 Å². The van der Waals surface area contributed by atoms with Crippen molar-refractivity contribution in [1.82, 2.24) is 8.87 Å². The summed E-state index contributed by atoms with van der Waals surface area (Å²) in [6.07, 6.45) is 2.87. The zero-order valence-corrected chi connectivity index (χ0v) is 15.7. The Morgan fingerprint density at radius 1 is 1.19 bits per heavy atom. The van der Waals surface area contributed by atoms with E-state index in [2.05, 4.69) is 5.32 Å². The van der Waals surface area contributed by atoms with E-state index in [1.165, 1.54) is 29.7 Å². The number of nitrogens with zero attached hydrogens (tertiary/aromatic N) is 2. The minimum atomic E-state index is -3.66. The number of sulfonamides is 1. The third kappa shape index (κ3) is 4.37. The summed E-state index contributed by atoms with van der Waals surface area (Å²) in [4.78, 5) is 24.4. The molecule has 9 heteroatoms. The highest BCUT2D eigenvalue weighted by Gasteiger charge is 2.27. The number of pyridine rings is 1. The average Bonchev–Trinajstić information content (AvgIpc) is 3.19. The molecule has 1 amide bonds. The first-order valence-electron chi connectivity index (χ1n) is 8.55. The molecule has 1 aliphatic heterocycles. The number of hydrogen-bond acceptors (Lipinski definition) is 5. The van der Waals surface area contributed by atoms with Crippen LogP contribution in [-0.4, -0.2) is 43.4 Å². The van der Waals surface area contributed by atoms with Crippen molar-refractivity contribution in [3.63, 3.8) is 0 Å². The van der Waals surface area contributed by atoms with Gasteiger partial charge in [0.1, 0.15) is 12.3 Å². The first-order chi connectivity index (χ1) is 12.9. The molecule has 0 aliphatic carbocycles. The molecule has 2 heterocycles. The lowest BCUT2D eigenvalue weighted by atomic mass is 10.3. The van der Waals surface area contributed by atoms with Crippen molar-refractivity contribution in [2.75, 3.05) is 25.5 Å². The number of ether oxygens (including phenoxy) is 1. The maximum absolute atomic E-state index is 12.6. The van der Waals surface area contributed by atoms with E-state index in [4.69, 9.17) is 4.74 Å². The molecule has 0 spiro atoms. The first kappa shape index (κ1) is 19.1. The molecule has 144 valence electrons. The monoisotopic (exact) mass is 391 g/mol. The molecule has 8 nitrogen and oxygen atoms in total. The van der Waals surface area contributed by atoms with E-state index in [9.17, 15) is 18.0 Å². The van der Waals surface area contributed by atoms with Crippen molar-refractivity contribution in [1.29, 1.82) is 0 Å². The van der Waals surface area contributed by atoms with E-state index >= 15 is 0 Å². The van der Waals surface area contributed by atoms with Crippen LogP contribution < -0.4 is 15.6 Å². The quantitative estimate of drug-likeness (QED) is 0.800. The number of aromatic nitrogens is 1. The second kappa shape index (κ2) is 7.93. The topological polar surface area (TPSA) is 97.7 Å². The standard InChI is InChI=1S/C18H21N3O5S/c1-26-15-6-4-5-14(11-15)19-17(22)13-20-12-16(7-8-18(20)23)27(24,25)21-9-2-3-10-21/h4-8,11-12H,2-3,9-10,13H2,1H3,(H,19,22). The van der Waals surface area contributed by atoms with E-state index in [1.807, 2.05) is 0 Å². The normalized spacial score (nSPS) is 14.9. The highest BCUT2D eigenvalue weighted by molar-refractivity contribution is 7.89. The third-order valence-corrected chi connectivity index (χ3v) is 6.21. The molecule has 2 aromatic rings. The van der Waals surface area contributed by atoms with Gasteiger partial charge in [0.05, 0.1) is 12.0 Å². The van der Waals surface area contributed by atoms with Gasteiger partial charge in [-0.15, -0.1) is 0 Å². The van der Waals surface area contributed by atoms with Crippen molar-refractivity contribution < 1.29 is 17.9 Å². The highest BCUT2D eigenvalue weighted by Crippen LogP contribution is 2.20. The summed E-state index contributed by atoms with van der Waals surface area (Å²) in [7, 11) is -2.14. The molecule has 1 aromatic carbocycles. The number of carbonyl (C=O) groups excluding carboxylic acids is 1. The van der Waals surface area contributed by atoms with E-state index in [1.54, 1.807) is 24.3 Å². The molecule has 0 unspecified atom stereocenters. The van der Waals surface area contributed by atoms with Crippen LogP contribution >= 0.6 is 0 Å². The number of methoxy groups -OCH3 is 1. The predicted molar refractivity (Wildman–Crippen MR) is 100 cm³/mol. The molecule has 3 rings (SSSR count). The molecule has 0 atom stereocenters. The van der Waals surface area contributed by atoms with Crippen LogP contribution in [0.2, 0.25) is 0 Å². The van der Waals surface area contributed by atoms with E-state index < -0.39 is 21.5 Å². The fourth-order valence-corrected chi connectivity index (χ4v) is 4.46. The summed E-state index contributed by atoms with van der Waals surface area (Å²) >= 11 is 0. The number of benzene rings is 1. The second-order valence-corrected chi connectivity index (χ2v) is 8.16. The maximum Gasteiger partial charge on any atom is 0.251 e. The Hall–Kier alpha value is -2.65. The van der Waals surface area contributed by atoms with Gasteiger partial charge in [-0.3, -0.25) is 9.59 Å². The van der Waals surface area contributed by atoms with Crippen molar-refractivity contribution in [2.45, 2.75) is 24.3 Å². The number of hydrogen-bond donors (Lipinski definition) is 1. The van der Waals surface area contributed by atoms with E-state index in [-0.39, 0.29) is 11.4 Å². The van der Waals surface area contributed by atoms with Gasteiger partial charge in [0, 0.05) is 37.1 Å². The average molecular weight is 391 g/mol. The van der Waals surface area contributed by atoms with Gasteiger partial charge >= 0.3 is 0 Å². The molecule has 0 radical (unpaired) electrons. The van der Waals surface area contributed by atoms with Crippen LogP contribution in [0.3, 0.4) is 0 Å². The molecule has 1 N–H and O–H groups in total. The summed E-state index contributed by atoms with van der Waals surface area (Å²) in [5.74, 6) is 0.143. The first-order valence-corrected chi connectivity index (χ1v) is 9.99. The smallest absolute Gasteiger partial charge is 0.251 e. The summed E-state index contributed by atoms with van der Waals surface area (Å²) in [5.41, 5.74) is 0.0735. The van der Waals surface area contributed by atoms with Gasteiger partial charge in [-0.25, -0.2) is 8.42 Å². The Balaban J connectivity index is 1.78. The number of rotatable bonds is 6. The molecule has 0 bridgehead atoms. The highest BCUT2D eigenvalue weighted by atomic mass is 32.2. The van der Waals surface area contributed by atoms with Gasteiger partial charge in [-0.2, -0.15) is 4.31 Å². The van der Waals surface area contributed by atoms with Crippen LogP contribution in [0.25, 0.3) is 0 Å². The Kier molecular flexibility index (Phi) is 5.62. The van der Waals surface area contributed by atoms with Crippen LogP contribution in [-0.2, 0) is 21.4 Å². The molecule has 1 aromatic heterocycles. The molecule has 0 saturated carbocycles. The van der Waals surface area contributed by atoms with Gasteiger partial charge in [0.2, 0.25) is 15.9 Å². The second-order valence-electron chi connectivity index (χ2n) is 6.22. The summed E-state index contributed by atoms with van der Waals surface area (Å²) in [6, 6.07) is 9.26. The van der Waals surface area contributed by atoms with Crippen molar-refractivity contribution in [3.8, 4) is 5.75 Å². The molecule has 1 saturated heterocycles. The van der Waals surface area contributed by atoms with Gasteiger partial charge < -0.3 is 14.6 Å². The van der Waals surface area contributed by atoms with Crippen LogP contribution in [0.5, 0.6) is 5.75 Å². The van der Waals surface area contributed by atoms with Crippen LogP contribution in [0.1, 0.15) is 12.8 Å². The predicted octanol–water partition coefficient (Wildman–Crippen LogP) is 1.28. The van der Waals surface area contributed by atoms with Crippen molar-refractivity contribution >= 4 is 21.6 Å². The third-order valence-electron chi connectivity index (χ3n) is 4.33. The van der Waals surface area contributed by atoms with Crippen LogP contribution in [0.15, 0.2) is 52.3 Å². The lowest BCUT2D eigenvalue weighted by molar-refractivity contribution is -0.116. The van der Waals surface area contributed by atoms with Gasteiger partial charge in [-0.05, 0) is 31.0 Å². The Morgan fingerprint density at radius 3 is 2.63 bits per heavy atom. The largest absolute Gasteiger partial charge is 0.497 e. The number of amides is 1. The Bertz CT molecular complexity index is 994. The molecule has 1 aliphatic rings. The zero-order chi connectivity index (χ0) is 19.4. The van der Waals surface area contributed by atoms with Gasteiger partial charge in [0.25, 0.3) is 5.56 Å². The fourth-order valence-electron chi connectivity index (χ4n) is 2.92. The minimum absolute atomic E-state index is 0.0122. The number of anilines is 1. The number of nitrogens with one attached hydrogen (secondary N) is 1. The lowest BCUT2D eigenvalue weighted by Gasteiger charge is -2.16. The number of carbonyl (C=O) groups is 1. The Morgan fingerprint density at radius 2 is 1.93 bits per heavy atom. The lowest BCUT2D eigenvalue weighted by Crippen LogP contribution is -2.31. The SMILES string of the molecule is COc1cccc(NC(=O)Cn2cc(S(=O)(=O)N3CCCC3)ccc2=O)c1. The molecular formula is C18H21N3O5S. The van der Waals surface area contributed by atoms with Crippen molar-refractivity contribution in [2.24, 2.45) is 0 Å². The van der Waals surface area contributed by atoms with E-state index in [0.29, 0.717) is 24.5 Å². The van der Waals surface area contributed by atoms with Crippen LogP contribution in [0.4, 0.5) is 5.69 Å². The van der Waals surface area contributed by atoms with E-state index in [0.717, 1.165) is 17.4 Å². The summed E-state index contributed by atoms with van der Waals surface area (Å²) < 4.78 is 32.9. The van der Waals surface area contributed by atoms with Crippen molar-refractivity contribution in [3.05, 3.63) is 52.9 Å². The molecule has 1 fully saturated rings. The molecule has 27 heavy (non-hydrogen) atoms. The minimum Gasteiger partial charge on any atom is -0.497 e.